The van der Waals surface area contributed by atoms with E-state index in [2.05, 4.69) is 0 Å². The highest BCUT2D eigenvalue weighted by Crippen LogP contribution is 2.36. The molecule has 0 saturated carbocycles. The first kappa shape index (κ1) is 14.9. The molecule has 2 aromatic rings. The second-order valence-electron chi connectivity index (χ2n) is 4.85. The molecule has 0 unspecified atom stereocenters. The number of halogens is 1. The van der Waals surface area contributed by atoms with Crippen molar-refractivity contribution in [2.75, 3.05) is 4.90 Å². The minimum atomic E-state index is -0.305. The maximum absolute atomic E-state index is 12.5. The van der Waals surface area contributed by atoms with Gasteiger partial charge >= 0.3 is 0 Å². The van der Waals surface area contributed by atoms with Crippen molar-refractivity contribution in [3.05, 3.63) is 69.6 Å². The number of carbonyl (C=O) groups excluding carboxylic acids is 2. The minimum Gasteiger partial charge on any atom is -0.268 e. The van der Waals surface area contributed by atoms with Crippen molar-refractivity contribution >= 4 is 46.3 Å². The van der Waals surface area contributed by atoms with Crippen LogP contribution < -0.4 is 4.90 Å². The molecule has 0 bridgehead atoms. The predicted molar refractivity (Wildman–Crippen MR) is 91.1 cm³/mol. The van der Waals surface area contributed by atoms with E-state index >= 15 is 0 Å². The Morgan fingerprint density at radius 2 is 1.73 bits per heavy atom. The molecule has 0 N–H and O–H groups in total. The lowest BCUT2D eigenvalue weighted by Crippen LogP contribution is -2.27. The third-order valence-corrected chi connectivity index (χ3v) is 4.48. The van der Waals surface area contributed by atoms with Gasteiger partial charge in [-0.05, 0) is 60.2 Å². The van der Waals surface area contributed by atoms with Crippen molar-refractivity contribution in [1.82, 2.24) is 0 Å². The van der Waals surface area contributed by atoms with Crippen LogP contribution in [0.2, 0.25) is 5.02 Å². The van der Waals surface area contributed by atoms with Crippen LogP contribution in [0.4, 0.5) is 10.5 Å². The third kappa shape index (κ3) is 2.80. The number of imide groups is 1. The predicted octanol–water partition coefficient (Wildman–Crippen LogP) is 4.89. The molecule has 0 aromatic heterocycles. The number of anilines is 1. The van der Waals surface area contributed by atoms with E-state index in [1.807, 2.05) is 31.2 Å². The topological polar surface area (TPSA) is 37.4 Å². The highest BCUT2D eigenvalue weighted by molar-refractivity contribution is 8.19. The Kier molecular flexibility index (Phi) is 4.05. The van der Waals surface area contributed by atoms with E-state index in [4.69, 9.17) is 11.6 Å². The van der Waals surface area contributed by atoms with Crippen LogP contribution in [-0.4, -0.2) is 11.1 Å². The smallest absolute Gasteiger partial charge is 0.268 e. The lowest BCUT2D eigenvalue weighted by molar-refractivity contribution is -0.113. The molecule has 2 aromatic carbocycles. The molecule has 0 radical (unpaired) electrons. The van der Waals surface area contributed by atoms with E-state index in [0.717, 1.165) is 22.9 Å². The van der Waals surface area contributed by atoms with Gasteiger partial charge in [0.15, 0.2) is 0 Å². The van der Waals surface area contributed by atoms with Gasteiger partial charge in [-0.25, -0.2) is 4.90 Å². The molecular formula is C17H12ClNO2S. The lowest BCUT2D eigenvalue weighted by Gasteiger charge is -2.12. The number of thioether (sulfide) groups is 1. The van der Waals surface area contributed by atoms with E-state index in [0.29, 0.717) is 15.6 Å². The molecule has 1 heterocycles. The SMILES string of the molecule is Cc1ccccc1/C=C1\SC(=O)N(c2ccc(Cl)cc2)C1=O. The van der Waals surface area contributed by atoms with Crippen LogP contribution in [0, 0.1) is 6.92 Å². The molecule has 0 spiro atoms. The van der Waals surface area contributed by atoms with E-state index in [9.17, 15) is 9.59 Å². The van der Waals surface area contributed by atoms with Gasteiger partial charge in [0.25, 0.3) is 11.1 Å². The molecular weight excluding hydrogens is 318 g/mol. The van der Waals surface area contributed by atoms with Crippen LogP contribution in [0.5, 0.6) is 0 Å². The van der Waals surface area contributed by atoms with Gasteiger partial charge in [-0.15, -0.1) is 0 Å². The first-order chi connectivity index (χ1) is 10.6. The molecule has 3 rings (SSSR count). The van der Waals surface area contributed by atoms with Gasteiger partial charge in [-0.1, -0.05) is 35.9 Å². The van der Waals surface area contributed by atoms with Crippen molar-refractivity contribution in [2.45, 2.75) is 6.92 Å². The van der Waals surface area contributed by atoms with Gasteiger partial charge < -0.3 is 0 Å². The monoisotopic (exact) mass is 329 g/mol. The van der Waals surface area contributed by atoms with Crippen LogP contribution >= 0.6 is 23.4 Å². The van der Waals surface area contributed by atoms with Crippen molar-refractivity contribution in [3.8, 4) is 0 Å². The summed E-state index contributed by atoms with van der Waals surface area (Å²) >= 11 is 6.79. The average molecular weight is 330 g/mol. The Bertz CT molecular complexity index is 784. The third-order valence-electron chi connectivity index (χ3n) is 3.35. The number of carbonyl (C=O) groups is 2. The Hall–Kier alpha value is -2.04. The van der Waals surface area contributed by atoms with Crippen molar-refractivity contribution < 1.29 is 9.59 Å². The van der Waals surface area contributed by atoms with Crippen molar-refractivity contribution in [1.29, 1.82) is 0 Å². The first-order valence-corrected chi connectivity index (χ1v) is 7.85. The summed E-state index contributed by atoms with van der Waals surface area (Å²) < 4.78 is 0. The number of hydrogen-bond donors (Lipinski definition) is 0. The van der Waals surface area contributed by atoms with Crippen LogP contribution in [0.1, 0.15) is 11.1 Å². The lowest BCUT2D eigenvalue weighted by atomic mass is 10.1. The molecule has 3 nitrogen and oxygen atoms in total. The molecule has 1 aliphatic rings. The van der Waals surface area contributed by atoms with E-state index in [1.54, 1.807) is 30.3 Å². The second-order valence-corrected chi connectivity index (χ2v) is 6.28. The van der Waals surface area contributed by atoms with Crippen molar-refractivity contribution in [3.63, 3.8) is 0 Å². The van der Waals surface area contributed by atoms with Crippen LogP contribution in [0.25, 0.3) is 6.08 Å². The summed E-state index contributed by atoms with van der Waals surface area (Å²) in [6, 6.07) is 14.4. The number of hydrogen-bond acceptors (Lipinski definition) is 3. The summed E-state index contributed by atoms with van der Waals surface area (Å²) in [5.74, 6) is -0.305. The quantitative estimate of drug-likeness (QED) is 0.736. The summed E-state index contributed by atoms with van der Waals surface area (Å²) in [5.41, 5.74) is 2.52. The molecule has 5 heteroatoms. The highest BCUT2D eigenvalue weighted by atomic mass is 35.5. The molecule has 1 fully saturated rings. The second kappa shape index (κ2) is 5.99. The van der Waals surface area contributed by atoms with Gasteiger partial charge in [0.1, 0.15) is 0 Å². The molecule has 2 amide bonds. The van der Waals surface area contributed by atoms with Crippen LogP contribution in [0.3, 0.4) is 0 Å². The van der Waals surface area contributed by atoms with Gasteiger partial charge in [0.05, 0.1) is 10.6 Å². The Labute approximate surface area is 137 Å². The molecule has 1 aliphatic heterocycles. The fourth-order valence-corrected chi connectivity index (χ4v) is 3.13. The number of nitrogens with zero attached hydrogens (tertiary/aromatic N) is 1. The highest BCUT2D eigenvalue weighted by Gasteiger charge is 2.36. The minimum absolute atomic E-state index is 0.299. The zero-order chi connectivity index (χ0) is 15.7. The Morgan fingerprint density at radius 1 is 1.05 bits per heavy atom. The fourth-order valence-electron chi connectivity index (χ4n) is 2.17. The standard InChI is InChI=1S/C17H12ClNO2S/c1-11-4-2-3-5-12(11)10-15-16(20)19(17(21)22-15)14-8-6-13(18)7-9-14/h2-10H,1H3/b15-10-. The Morgan fingerprint density at radius 3 is 2.41 bits per heavy atom. The normalized spacial score (nSPS) is 16.6. The maximum Gasteiger partial charge on any atom is 0.298 e. The first-order valence-electron chi connectivity index (χ1n) is 6.65. The van der Waals surface area contributed by atoms with Crippen molar-refractivity contribution in [2.24, 2.45) is 0 Å². The van der Waals surface area contributed by atoms with E-state index in [1.165, 1.54) is 4.90 Å². The van der Waals surface area contributed by atoms with Gasteiger partial charge in [-0.2, -0.15) is 0 Å². The largest absolute Gasteiger partial charge is 0.298 e. The molecule has 22 heavy (non-hydrogen) atoms. The van der Waals surface area contributed by atoms with Gasteiger partial charge in [0.2, 0.25) is 0 Å². The van der Waals surface area contributed by atoms with Crippen LogP contribution in [-0.2, 0) is 4.79 Å². The number of benzene rings is 2. The molecule has 1 saturated heterocycles. The zero-order valence-corrected chi connectivity index (χ0v) is 13.3. The average Bonchev–Trinajstić information content (AvgIpc) is 2.77. The van der Waals surface area contributed by atoms with E-state index in [-0.39, 0.29) is 11.1 Å². The van der Waals surface area contributed by atoms with E-state index < -0.39 is 0 Å². The number of rotatable bonds is 2. The summed E-state index contributed by atoms with van der Waals surface area (Å²) in [5, 5.41) is 0.262. The molecule has 0 aliphatic carbocycles. The Balaban J connectivity index is 1.95. The summed E-state index contributed by atoms with van der Waals surface area (Å²) in [6.07, 6.45) is 1.76. The summed E-state index contributed by atoms with van der Waals surface area (Å²) in [7, 11) is 0. The van der Waals surface area contributed by atoms with Crippen LogP contribution in [0.15, 0.2) is 53.4 Å². The zero-order valence-electron chi connectivity index (χ0n) is 11.7. The maximum atomic E-state index is 12.5. The summed E-state index contributed by atoms with van der Waals surface area (Å²) in [4.78, 5) is 26.2. The number of amides is 2. The summed E-state index contributed by atoms with van der Waals surface area (Å²) in [6.45, 7) is 1.97. The van der Waals surface area contributed by atoms with Gasteiger partial charge in [0, 0.05) is 5.02 Å². The number of aryl methyl sites for hydroxylation is 1. The molecule has 110 valence electrons. The molecule has 0 atom stereocenters. The van der Waals surface area contributed by atoms with Gasteiger partial charge in [-0.3, -0.25) is 9.59 Å². The fraction of sp³-hybridized carbons (Fsp3) is 0.0588.